The summed E-state index contributed by atoms with van der Waals surface area (Å²) in [6, 6.07) is 0.380. The van der Waals surface area contributed by atoms with Crippen molar-refractivity contribution >= 4 is 33.3 Å². The number of hydrogen-bond acceptors (Lipinski definition) is 5. The normalized spacial score (nSPS) is 21.8. The van der Waals surface area contributed by atoms with Gasteiger partial charge in [-0.2, -0.15) is 0 Å². The molecule has 0 bridgehead atoms. The molecule has 0 aliphatic carbocycles. The molecule has 2 saturated heterocycles. The predicted octanol–water partition coefficient (Wildman–Crippen LogP) is 4.64. The summed E-state index contributed by atoms with van der Waals surface area (Å²) in [7, 11) is 0. The summed E-state index contributed by atoms with van der Waals surface area (Å²) < 4.78 is 0. The fourth-order valence-corrected chi connectivity index (χ4v) is 5.64. The lowest BCUT2D eigenvalue weighted by atomic mass is 9.98. The van der Waals surface area contributed by atoms with Gasteiger partial charge in [-0.15, -0.1) is 11.3 Å². The number of anilines is 1. The van der Waals surface area contributed by atoms with E-state index < -0.39 is 0 Å². The number of piperidine rings is 2. The lowest BCUT2D eigenvalue weighted by molar-refractivity contribution is 0.0612. The zero-order valence-electron chi connectivity index (χ0n) is 16.7. The number of amides is 1. The average molecular weight is 387 g/mol. The number of fused-ring (bicyclic) bond motifs is 1. The third-order valence-corrected chi connectivity index (χ3v) is 7.53. The van der Waals surface area contributed by atoms with Gasteiger partial charge in [0.25, 0.3) is 5.91 Å². The molecule has 2 aromatic heterocycles. The molecule has 4 heterocycles. The van der Waals surface area contributed by atoms with Gasteiger partial charge in [0.1, 0.15) is 17.0 Å². The molecule has 0 spiro atoms. The minimum atomic E-state index is 0.195. The van der Waals surface area contributed by atoms with Crippen molar-refractivity contribution in [2.45, 2.75) is 65.3 Å². The maximum absolute atomic E-state index is 13.4. The molecule has 0 N–H and O–H groups in total. The molecule has 1 atom stereocenters. The first-order valence-corrected chi connectivity index (χ1v) is 11.2. The Bertz CT molecular complexity index is 825. The molecule has 0 saturated carbocycles. The number of carbonyl (C=O) groups is 1. The van der Waals surface area contributed by atoms with Crippen LogP contribution in [0.15, 0.2) is 6.33 Å². The molecule has 146 valence electrons. The number of rotatable bonds is 3. The van der Waals surface area contributed by atoms with E-state index in [2.05, 4.69) is 40.5 Å². The van der Waals surface area contributed by atoms with E-state index in [1.807, 2.05) is 0 Å². The highest BCUT2D eigenvalue weighted by molar-refractivity contribution is 7.20. The molecule has 2 aromatic rings. The zero-order valence-corrected chi connectivity index (χ0v) is 17.5. The van der Waals surface area contributed by atoms with Crippen LogP contribution in [0, 0.1) is 12.8 Å². The van der Waals surface area contributed by atoms with Crippen molar-refractivity contribution in [3.8, 4) is 0 Å². The number of nitrogens with zero attached hydrogens (tertiary/aromatic N) is 4. The van der Waals surface area contributed by atoms with Gasteiger partial charge >= 0.3 is 0 Å². The minimum Gasteiger partial charge on any atom is -0.356 e. The Morgan fingerprint density at radius 1 is 1.19 bits per heavy atom. The molecular formula is C21H30N4OS. The summed E-state index contributed by atoms with van der Waals surface area (Å²) in [5.41, 5.74) is 1.06. The van der Waals surface area contributed by atoms with Crippen LogP contribution in [0.2, 0.25) is 0 Å². The molecule has 6 heteroatoms. The van der Waals surface area contributed by atoms with E-state index >= 15 is 0 Å². The van der Waals surface area contributed by atoms with Crippen LogP contribution in [-0.2, 0) is 0 Å². The average Bonchev–Trinajstić information content (AvgIpc) is 3.05. The van der Waals surface area contributed by atoms with Gasteiger partial charge in [-0.05, 0) is 56.9 Å². The van der Waals surface area contributed by atoms with E-state index in [0.29, 0.717) is 6.04 Å². The molecule has 2 aliphatic rings. The van der Waals surface area contributed by atoms with Crippen molar-refractivity contribution in [3.63, 3.8) is 0 Å². The Balaban J connectivity index is 1.70. The lowest BCUT2D eigenvalue weighted by Crippen LogP contribution is -2.43. The molecule has 0 aromatic carbocycles. The number of aryl methyl sites for hydroxylation is 1. The van der Waals surface area contributed by atoms with Gasteiger partial charge in [0.15, 0.2) is 0 Å². The molecule has 4 rings (SSSR count). The summed E-state index contributed by atoms with van der Waals surface area (Å²) >= 11 is 1.55. The summed E-state index contributed by atoms with van der Waals surface area (Å²) in [4.78, 5) is 28.8. The number of carbonyl (C=O) groups excluding carboxylic acids is 1. The maximum atomic E-state index is 13.4. The topological polar surface area (TPSA) is 49.3 Å². The molecular weight excluding hydrogens is 356 g/mol. The van der Waals surface area contributed by atoms with Gasteiger partial charge in [-0.25, -0.2) is 9.97 Å². The Morgan fingerprint density at radius 3 is 2.70 bits per heavy atom. The van der Waals surface area contributed by atoms with E-state index in [1.165, 1.54) is 19.3 Å². The van der Waals surface area contributed by atoms with Crippen LogP contribution < -0.4 is 4.90 Å². The van der Waals surface area contributed by atoms with E-state index in [1.54, 1.807) is 17.7 Å². The second-order valence-corrected chi connectivity index (χ2v) is 9.16. The van der Waals surface area contributed by atoms with Crippen molar-refractivity contribution in [2.24, 2.45) is 5.92 Å². The van der Waals surface area contributed by atoms with E-state index in [0.717, 1.165) is 71.3 Å². The van der Waals surface area contributed by atoms with Crippen LogP contribution in [0.3, 0.4) is 0 Å². The molecule has 2 fully saturated rings. The predicted molar refractivity (Wildman–Crippen MR) is 112 cm³/mol. The van der Waals surface area contributed by atoms with E-state index in [4.69, 9.17) is 0 Å². The fourth-order valence-electron chi connectivity index (χ4n) is 4.54. The van der Waals surface area contributed by atoms with Crippen LogP contribution in [-0.4, -0.2) is 46.5 Å². The monoisotopic (exact) mass is 386 g/mol. The second-order valence-electron chi connectivity index (χ2n) is 8.16. The molecule has 0 unspecified atom stereocenters. The third kappa shape index (κ3) is 3.44. The fraction of sp³-hybridized carbons (Fsp3) is 0.667. The van der Waals surface area contributed by atoms with Crippen molar-refractivity contribution in [2.75, 3.05) is 24.5 Å². The maximum Gasteiger partial charge on any atom is 0.264 e. The van der Waals surface area contributed by atoms with Crippen molar-refractivity contribution in [1.29, 1.82) is 0 Å². The largest absolute Gasteiger partial charge is 0.356 e. The van der Waals surface area contributed by atoms with E-state index in [9.17, 15) is 4.79 Å². The number of hydrogen-bond donors (Lipinski definition) is 0. The van der Waals surface area contributed by atoms with Gasteiger partial charge < -0.3 is 9.80 Å². The summed E-state index contributed by atoms with van der Waals surface area (Å²) in [6.45, 7) is 9.55. The molecule has 27 heavy (non-hydrogen) atoms. The van der Waals surface area contributed by atoms with Gasteiger partial charge in [-0.3, -0.25) is 4.79 Å². The molecule has 5 nitrogen and oxygen atoms in total. The summed E-state index contributed by atoms with van der Waals surface area (Å²) in [5.74, 6) is 2.00. The SMILES string of the molecule is CC[C@H]1CCCCN1C(=O)c1sc2ncnc(N3CCC(C)CC3)c2c1C. The number of aromatic nitrogens is 2. The smallest absolute Gasteiger partial charge is 0.264 e. The van der Waals surface area contributed by atoms with Gasteiger partial charge in [0, 0.05) is 25.7 Å². The second kappa shape index (κ2) is 7.74. The van der Waals surface area contributed by atoms with E-state index in [-0.39, 0.29) is 5.91 Å². The van der Waals surface area contributed by atoms with Crippen molar-refractivity contribution in [1.82, 2.24) is 14.9 Å². The first-order valence-electron chi connectivity index (χ1n) is 10.4. The standard InChI is InChI=1S/C21H30N4OS/c1-4-16-7-5-6-10-25(16)21(26)18-15(3)17-19(22-13-23-20(17)27-18)24-11-8-14(2)9-12-24/h13-14,16H,4-12H2,1-3H3/t16-/m0/s1. The third-order valence-electron chi connectivity index (χ3n) is 6.34. The highest BCUT2D eigenvalue weighted by Gasteiger charge is 2.30. The van der Waals surface area contributed by atoms with Crippen LogP contribution in [0.5, 0.6) is 0 Å². The van der Waals surface area contributed by atoms with Gasteiger partial charge in [0.2, 0.25) is 0 Å². The van der Waals surface area contributed by atoms with Crippen molar-refractivity contribution in [3.05, 3.63) is 16.8 Å². The first kappa shape index (κ1) is 18.7. The molecule has 1 amide bonds. The van der Waals surface area contributed by atoms with Crippen LogP contribution >= 0.6 is 11.3 Å². The highest BCUT2D eigenvalue weighted by atomic mass is 32.1. The van der Waals surface area contributed by atoms with Gasteiger partial charge in [0.05, 0.1) is 10.3 Å². The van der Waals surface area contributed by atoms with Crippen molar-refractivity contribution < 1.29 is 4.79 Å². The summed E-state index contributed by atoms with van der Waals surface area (Å²) in [6.07, 6.45) is 8.57. The van der Waals surface area contributed by atoms with Crippen LogP contribution in [0.4, 0.5) is 5.82 Å². The highest BCUT2D eigenvalue weighted by Crippen LogP contribution is 2.37. The Kier molecular flexibility index (Phi) is 5.35. The molecule has 0 radical (unpaired) electrons. The Morgan fingerprint density at radius 2 is 1.96 bits per heavy atom. The van der Waals surface area contributed by atoms with Gasteiger partial charge in [-0.1, -0.05) is 13.8 Å². The Labute approximate surface area is 165 Å². The number of likely N-dealkylation sites (tertiary alicyclic amines) is 1. The van der Waals surface area contributed by atoms with Crippen LogP contribution in [0.1, 0.15) is 67.6 Å². The summed E-state index contributed by atoms with van der Waals surface area (Å²) in [5, 5.41) is 1.09. The Hall–Kier alpha value is -1.69. The zero-order chi connectivity index (χ0) is 19.0. The molecule has 2 aliphatic heterocycles. The lowest BCUT2D eigenvalue weighted by Gasteiger charge is -2.35. The minimum absolute atomic E-state index is 0.195. The first-order chi connectivity index (χ1) is 13.1. The quantitative estimate of drug-likeness (QED) is 0.771. The number of thiophene rings is 1. The van der Waals surface area contributed by atoms with Crippen LogP contribution in [0.25, 0.3) is 10.2 Å².